The lowest BCUT2D eigenvalue weighted by atomic mass is 10.3. The summed E-state index contributed by atoms with van der Waals surface area (Å²) in [6.45, 7) is 0.976. The highest BCUT2D eigenvalue weighted by molar-refractivity contribution is 8.00. The summed E-state index contributed by atoms with van der Waals surface area (Å²) >= 11 is 1.94. The smallest absolute Gasteiger partial charge is 0.201 e. The molecular formula is C12H16N4S. The average Bonchev–Trinajstić information content (AvgIpc) is 3.00. The van der Waals surface area contributed by atoms with Crippen molar-refractivity contribution in [3.8, 4) is 0 Å². The van der Waals surface area contributed by atoms with Crippen molar-refractivity contribution in [2.75, 3.05) is 23.9 Å². The minimum atomic E-state index is 0.442. The first-order valence-electron chi connectivity index (χ1n) is 5.75. The molecule has 0 spiro atoms. The summed E-state index contributed by atoms with van der Waals surface area (Å²) in [6.07, 6.45) is 4.77. The van der Waals surface area contributed by atoms with Gasteiger partial charge in [0.25, 0.3) is 0 Å². The fourth-order valence-electron chi connectivity index (χ4n) is 1.95. The molecular weight excluding hydrogens is 232 g/mol. The normalized spacial score (nSPS) is 17.2. The Labute approximate surface area is 104 Å². The Morgan fingerprint density at radius 2 is 2.35 bits per heavy atom. The van der Waals surface area contributed by atoms with Gasteiger partial charge in [-0.2, -0.15) is 11.8 Å². The first-order valence-corrected chi connectivity index (χ1v) is 6.98. The van der Waals surface area contributed by atoms with Gasteiger partial charge >= 0.3 is 0 Å². The van der Waals surface area contributed by atoms with Crippen LogP contribution in [0, 0.1) is 0 Å². The monoisotopic (exact) mass is 248 g/mol. The van der Waals surface area contributed by atoms with Gasteiger partial charge in [-0.1, -0.05) is 0 Å². The summed E-state index contributed by atoms with van der Waals surface area (Å²) in [5.74, 6) is 0.839. The molecule has 2 aromatic rings. The lowest BCUT2D eigenvalue weighted by molar-refractivity contribution is 0.935. The van der Waals surface area contributed by atoms with E-state index in [1.54, 1.807) is 0 Å². The van der Waals surface area contributed by atoms with Crippen LogP contribution in [0.4, 0.5) is 11.6 Å². The highest BCUT2D eigenvalue weighted by Gasteiger charge is 2.41. The number of aromatic nitrogens is 2. The van der Waals surface area contributed by atoms with Crippen LogP contribution in [0.15, 0.2) is 18.2 Å². The maximum atomic E-state index is 5.74. The van der Waals surface area contributed by atoms with Crippen LogP contribution in [0.1, 0.15) is 12.8 Å². The lowest BCUT2D eigenvalue weighted by Gasteiger charge is -2.11. The number of hydrogen-bond acceptors (Lipinski definition) is 4. The topological polar surface area (TPSA) is 66.7 Å². The second-order valence-electron chi connectivity index (χ2n) is 4.60. The summed E-state index contributed by atoms with van der Waals surface area (Å²) in [5, 5.41) is 3.38. The van der Waals surface area contributed by atoms with Gasteiger partial charge < -0.3 is 16.0 Å². The Morgan fingerprint density at radius 1 is 1.53 bits per heavy atom. The molecule has 1 aliphatic carbocycles. The average molecular weight is 248 g/mol. The molecule has 17 heavy (non-hydrogen) atoms. The summed E-state index contributed by atoms with van der Waals surface area (Å²) in [4.78, 5) is 7.74. The molecule has 0 radical (unpaired) electrons. The molecule has 3 rings (SSSR count). The molecule has 1 aromatic heterocycles. The van der Waals surface area contributed by atoms with Crippen molar-refractivity contribution < 1.29 is 0 Å². The fourth-order valence-corrected chi connectivity index (χ4v) is 2.68. The molecule has 0 atom stereocenters. The minimum absolute atomic E-state index is 0.442. The fraction of sp³-hybridized carbons (Fsp3) is 0.417. The zero-order valence-corrected chi connectivity index (χ0v) is 10.6. The number of nitrogens with one attached hydrogen (secondary N) is 2. The van der Waals surface area contributed by atoms with Crippen molar-refractivity contribution in [3.05, 3.63) is 18.2 Å². The van der Waals surface area contributed by atoms with Crippen LogP contribution in [-0.2, 0) is 0 Å². The summed E-state index contributed by atoms with van der Waals surface area (Å²) in [7, 11) is 0. The largest absolute Gasteiger partial charge is 0.399 e. The first kappa shape index (κ1) is 10.8. The number of benzene rings is 1. The van der Waals surface area contributed by atoms with Crippen molar-refractivity contribution in [2.45, 2.75) is 17.6 Å². The van der Waals surface area contributed by atoms with Crippen LogP contribution in [-0.4, -0.2) is 27.5 Å². The van der Waals surface area contributed by atoms with E-state index in [-0.39, 0.29) is 0 Å². The van der Waals surface area contributed by atoms with Crippen molar-refractivity contribution in [3.63, 3.8) is 0 Å². The predicted octanol–water partition coefficient (Wildman–Crippen LogP) is 2.45. The number of rotatable bonds is 4. The van der Waals surface area contributed by atoms with Crippen LogP contribution < -0.4 is 11.1 Å². The Hall–Kier alpha value is -1.36. The molecule has 0 saturated heterocycles. The summed E-state index contributed by atoms with van der Waals surface area (Å²) in [5.41, 5.74) is 8.44. The number of hydrogen-bond donors (Lipinski definition) is 3. The number of aromatic amines is 1. The molecule has 0 unspecified atom stereocenters. The van der Waals surface area contributed by atoms with Crippen LogP contribution in [0.5, 0.6) is 0 Å². The number of nitrogens with two attached hydrogens (primary N) is 1. The number of H-pyrrole nitrogens is 1. The number of nitrogens with zero attached hydrogens (tertiary/aromatic N) is 1. The Bertz CT molecular complexity index is 544. The number of imidazole rings is 1. The molecule has 1 aliphatic rings. The Balaban J connectivity index is 1.77. The van der Waals surface area contributed by atoms with E-state index in [4.69, 9.17) is 5.73 Å². The second kappa shape index (κ2) is 3.84. The van der Waals surface area contributed by atoms with Gasteiger partial charge in [0.05, 0.1) is 11.0 Å². The van der Waals surface area contributed by atoms with Gasteiger partial charge in [0.15, 0.2) is 0 Å². The summed E-state index contributed by atoms with van der Waals surface area (Å²) in [6, 6.07) is 5.72. The number of nitrogen functional groups attached to an aromatic ring is 1. The van der Waals surface area contributed by atoms with Crippen LogP contribution >= 0.6 is 11.8 Å². The van der Waals surface area contributed by atoms with Gasteiger partial charge in [0.1, 0.15) is 0 Å². The standard InChI is InChI=1S/C12H16N4S/c1-17-12(4-5-12)7-14-11-15-9-3-2-8(13)6-10(9)16-11/h2-3,6H,4-5,7,13H2,1H3,(H2,14,15,16). The quantitative estimate of drug-likeness (QED) is 0.727. The Morgan fingerprint density at radius 3 is 3.06 bits per heavy atom. The third-order valence-corrected chi connectivity index (χ3v) is 4.74. The molecule has 0 bridgehead atoms. The van der Waals surface area contributed by atoms with E-state index in [0.717, 1.165) is 29.2 Å². The molecule has 4 N–H and O–H groups in total. The van der Waals surface area contributed by atoms with Crippen molar-refractivity contribution in [1.29, 1.82) is 0 Å². The van der Waals surface area contributed by atoms with Crippen molar-refractivity contribution in [2.24, 2.45) is 0 Å². The van der Waals surface area contributed by atoms with E-state index in [9.17, 15) is 0 Å². The van der Waals surface area contributed by atoms with Gasteiger partial charge in [-0.25, -0.2) is 4.98 Å². The maximum absolute atomic E-state index is 5.74. The van der Waals surface area contributed by atoms with E-state index < -0.39 is 0 Å². The predicted molar refractivity (Wildman–Crippen MR) is 74.5 cm³/mol. The van der Waals surface area contributed by atoms with Gasteiger partial charge in [-0.05, 0) is 37.3 Å². The zero-order valence-electron chi connectivity index (χ0n) is 9.79. The summed E-state index contributed by atoms with van der Waals surface area (Å²) < 4.78 is 0.442. The zero-order chi connectivity index (χ0) is 11.9. The van der Waals surface area contributed by atoms with Crippen molar-refractivity contribution in [1.82, 2.24) is 9.97 Å². The van der Waals surface area contributed by atoms with E-state index in [2.05, 4.69) is 21.5 Å². The van der Waals surface area contributed by atoms with Crippen molar-refractivity contribution >= 4 is 34.4 Å². The molecule has 4 nitrogen and oxygen atoms in total. The van der Waals surface area contributed by atoms with Gasteiger partial charge in [-0.3, -0.25) is 0 Å². The molecule has 0 aliphatic heterocycles. The van der Waals surface area contributed by atoms with E-state index in [1.165, 1.54) is 12.8 Å². The highest BCUT2D eigenvalue weighted by atomic mass is 32.2. The van der Waals surface area contributed by atoms with Crippen LogP contribution in [0.3, 0.4) is 0 Å². The first-order chi connectivity index (χ1) is 8.21. The van der Waals surface area contributed by atoms with E-state index >= 15 is 0 Å². The second-order valence-corrected chi connectivity index (χ2v) is 5.88. The third-order valence-electron chi connectivity index (χ3n) is 3.32. The molecule has 1 aromatic carbocycles. The number of anilines is 2. The minimum Gasteiger partial charge on any atom is -0.399 e. The third kappa shape index (κ3) is 2.07. The van der Waals surface area contributed by atoms with Crippen LogP contribution in [0.25, 0.3) is 11.0 Å². The van der Waals surface area contributed by atoms with E-state index in [0.29, 0.717) is 4.75 Å². The molecule has 5 heteroatoms. The molecule has 1 saturated carbocycles. The number of thioether (sulfide) groups is 1. The van der Waals surface area contributed by atoms with Crippen LogP contribution in [0.2, 0.25) is 0 Å². The molecule has 90 valence electrons. The van der Waals surface area contributed by atoms with E-state index in [1.807, 2.05) is 30.0 Å². The molecule has 1 fully saturated rings. The highest BCUT2D eigenvalue weighted by Crippen LogP contribution is 2.46. The maximum Gasteiger partial charge on any atom is 0.201 e. The number of fused-ring (bicyclic) bond motifs is 1. The Kier molecular flexibility index (Phi) is 2.43. The molecule has 0 amide bonds. The molecule has 1 heterocycles. The van der Waals surface area contributed by atoms with Gasteiger partial charge in [0.2, 0.25) is 5.95 Å². The SMILES string of the molecule is CSC1(CNc2nc3ccc(N)cc3[nH]2)CC1. The van der Waals surface area contributed by atoms with Gasteiger partial charge in [-0.15, -0.1) is 0 Å². The van der Waals surface area contributed by atoms with Gasteiger partial charge in [0, 0.05) is 17.0 Å². The lowest BCUT2D eigenvalue weighted by Crippen LogP contribution is -2.17.